The number of carbonyl (C=O) groups excluding carboxylic acids is 2. The van der Waals surface area contributed by atoms with Crippen LogP contribution in [0.4, 0.5) is 0 Å². The van der Waals surface area contributed by atoms with Crippen molar-refractivity contribution in [2.45, 2.75) is 77.0 Å². The molecule has 1 aliphatic carbocycles. The number of likely N-dealkylation sites (tertiary alicyclic amines) is 1. The first kappa shape index (κ1) is 23.0. The van der Waals surface area contributed by atoms with Crippen LogP contribution in [0.15, 0.2) is 0 Å². The molecule has 1 saturated carbocycles. The summed E-state index contributed by atoms with van der Waals surface area (Å²) >= 11 is 0. The second kappa shape index (κ2) is 10.6. The van der Waals surface area contributed by atoms with Crippen molar-refractivity contribution in [3.63, 3.8) is 0 Å². The number of rotatable bonds is 7. The van der Waals surface area contributed by atoms with Crippen molar-refractivity contribution in [2.75, 3.05) is 46.0 Å². The summed E-state index contributed by atoms with van der Waals surface area (Å²) in [5.74, 6) is 1.60. The van der Waals surface area contributed by atoms with Gasteiger partial charge in [0.05, 0.1) is 32.3 Å². The summed E-state index contributed by atoms with van der Waals surface area (Å²) < 4.78 is 11.6. The van der Waals surface area contributed by atoms with E-state index in [0.29, 0.717) is 51.8 Å². The number of nitrogens with one attached hydrogen (secondary N) is 1. The maximum absolute atomic E-state index is 12.9. The molecule has 3 heterocycles. The third-order valence-corrected chi connectivity index (χ3v) is 7.69. The minimum atomic E-state index is -0.0754. The maximum Gasteiger partial charge on any atom is 0.225 e. The molecule has 0 bridgehead atoms. The van der Waals surface area contributed by atoms with Gasteiger partial charge in [-0.2, -0.15) is 0 Å². The van der Waals surface area contributed by atoms with E-state index in [-0.39, 0.29) is 35.8 Å². The van der Waals surface area contributed by atoms with Crippen LogP contribution in [0.5, 0.6) is 0 Å². The summed E-state index contributed by atoms with van der Waals surface area (Å²) in [6, 6.07) is 0.503. The van der Waals surface area contributed by atoms with Crippen molar-refractivity contribution in [1.82, 2.24) is 15.1 Å². The average Bonchev–Trinajstić information content (AvgIpc) is 3.31. The van der Waals surface area contributed by atoms with Gasteiger partial charge in [0.25, 0.3) is 0 Å². The van der Waals surface area contributed by atoms with Crippen molar-refractivity contribution in [2.24, 2.45) is 17.8 Å². The number of morpholine rings is 1. The van der Waals surface area contributed by atoms with E-state index in [1.165, 1.54) is 32.1 Å². The normalized spacial score (nSPS) is 32.4. The zero-order chi connectivity index (χ0) is 21.8. The minimum Gasteiger partial charge on any atom is -0.378 e. The fourth-order valence-corrected chi connectivity index (χ4v) is 6.26. The fraction of sp³-hybridized carbons (Fsp3) is 0.917. The van der Waals surface area contributed by atoms with Crippen LogP contribution in [0.2, 0.25) is 0 Å². The van der Waals surface area contributed by atoms with Gasteiger partial charge < -0.3 is 19.7 Å². The van der Waals surface area contributed by atoms with Crippen LogP contribution in [0.3, 0.4) is 0 Å². The minimum absolute atomic E-state index is 0.0754. The number of fused-ring (bicyclic) bond motifs is 1. The first-order chi connectivity index (χ1) is 15.0. The van der Waals surface area contributed by atoms with E-state index >= 15 is 0 Å². The summed E-state index contributed by atoms with van der Waals surface area (Å²) in [5.41, 5.74) is 0. The van der Waals surface area contributed by atoms with Crippen LogP contribution in [0.25, 0.3) is 0 Å². The smallest absolute Gasteiger partial charge is 0.225 e. The molecule has 0 radical (unpaired) electrons. The first-order valence-electron chi connectivity index (χ1n) is 12.5. The summed E-state index contributed by atoms with van der Waals surface area (Å²) in [5, 5.41) is 3.07. The van der Waals surface area contributed by atoms with E-state index in [0.717, 1.165) is 19.0 Å². The van der Waals surface area contributed by atoms with E-state index in [9.17, 15) is 9.59 Å². The molecule has 3 aliphatic heterocycles. The molecule has 3 saturated heterocycles. The summed E-state index contributed by atoms with van der Waals surface area (Å²) in [6.07, 6.45) is 7.61. The Morgan fingerprint density at radius 1 is 1.06 bits per heavy atom. The molecule has 2 amide bonds. The second-order valence-corrected chi connectivity index (χ2v) is 10.4. The molecule has 0 spiro atoms. The molecule has 31 heavy (non-hydrogen) atoms. The molecule has 4 atom stereocenters. The molecule has 4 aliphatic rings. The number of carbonyl (C=O) groups is 2. The zero-order valence-electron chi connectivity index (χ0n) is 19.4. The SMILES string of the molecule is CC(C)NC(=O)C[C@@H]1CN(CC2CCCCC2)[C@@H]2CO[C@@H](CC(=O)N3CCOCC3)[C@H]12. The van der Waals surface area contributed by atoms with Crippen LogP contribution in [0, 0.1) is 17.8 Å². The lowest BCUT2D eigenvalue weighted by atomic mass is 9.84. The van der Waals surface area contributed by atoms with Crippen molar-refractivity contribution < 1.29 is 19.1 Å². The van der Waals surface area contributed by atoms with Gasteiger partial charge in [-0.05, 0) is 38.5 Å². The molecule has 7 heteroatoms. The van der Waals surface area contributed by atoms with E-state index < -0.39 is 0 Å². The third-order valence-electron chi connectivity index (χ3n) is 7.69. The molecule has 0 unspecified atom stereocenters. The molecular weight excluding hydrogens is 394 g/mol. The molecule has 4 fully saturated rings. The van der Waals surface area contributed by atoms with E-state index in [1.54, 1.807) is 0 Å². The standard InChI is InChI=1S/C24H41N3O4/c1-17(2)25-22(28)12-19-15-27(14-18-6-4-3-5-7-18)20-16-31-21(24(19)20)13-23(29)26-8-10-30-11-9-26/h17-21,24H,3-16H2,1-2H3,(H,25,28)/t19-,20-,21+,24-/m1/s1. The van der Waals surface area contributed by atoms with Gasteiger partial charge in [-0.25, -0.2) is 0 Å². The Labute approximate surface area is 187 Å². The molecule has 7 nitrogen and oxygen atoms in total. The number of amides is 2. The quantitative estimate of drug-likeness (QED) is 0.663. The molecule has 176 valence electrons. The highest BCUT2D eigenvalue weighted by atomic mass is 16.5. The Kier molecular flexibility index (Phi) is 7.88. The zero-order valence-corrected chi connectivity index (χ0v) is 19.4. The Morgan fingerprint density at radius 3 is 2.52 bits per heavy atom. The largest absolute Gasteiger partial charge is 0.378 e. The fourth-order valence-electron chi connectivity index (χ4n) is 6.26. The maximum atomic E-state index is 12.9. The van der Waals surface area contributed by atoms with Crippen molar-refractivity contribution in [3.05, 3.63) is 0 Å². The highest BCUT2D eigenvalue weighted by molar-refractivity contribution is 5.77. The molecule has 0 aromatic heterocycles. The van der Waals surface area contributed by atoms with Gasteiger partial charge in [0, 0.05) is 50.6 Å². The average molecular weight is 436 g/mol. The number of hydrogen-bond donors (Lipinski definition) is 1. The Bertz CT molecular complexity index is 616. The number of nitrogens with zero attached hydrogens (tertiary/aromatic N) is 2. The van der Waals surface area contributed by atoms with Crippen molar-refractivity contribution in [3.8, 4) is 0 Å². The molecular formula is C24H41N3O4. The summed E-state index contributed by atoms with van der Waals surface area (Å²) in [4.78, 5) is 30.0. The molecule has 4 rings (SSSR count). The van der Waals surface area contributed by atoms with Gasteiger partial charge >= 0.3 is 0 Å². The summed E-state index contributed by atoms with van der Waals surface area (Å²) in [6.45, 7) is 9.38. The van der Waals surface area contributed by atoms with Crippen LogP contribution in [-0.2, 0) is 19.1 Å². The monoisotopic (exact) mass is 435 g/mol. The molecule has 1 N–H and O–H groups in total. The number of ether oxygens (including phenoxy) is 2. The lowest BCUT2D eigenvalue weighted by Crippen LogP contribution is -2.43. The van der Waals surface area contributed by atoms with Crippen molar-refractivity contribution in [1.29, 1.82) is 0 Å². The Balaban J connectivity index is 1.42. The Hall–Kier alpha value is -1.18. The lowest BCUT2D eigenvalue weighted by Gasteiger charge is -2.30. The Morgan fingerprint density at radius 2 is 1.81 bits per heavy atom. The van der Waals surface area contributed by atoms with Crippen LogP contribution in [-0.4, -0.2) is 85.8 Å². The molecule has 0 aromatic rings. The van der Waals surface area contributed by atoms with Crippen LogP contribution < -0.4 is 5.32 Å². The van der Waals surface area contributed by atoms with Gasteiger partial charge in [0.2, 0.25) is 11.8 Å². The lowest BCUT2D eigenvalue weighted by molar-refractivity contribution is -0.138. The van der Waals surface area contributed by atoms with Gasteiger partial charge in [-0.1, -0.05) is 19.3 Å². The van der Waals surface area contributed by atoms with Gasteiger partial charge in [0.1, 0.15) is 0 Å². The third kappa shape index (κ3) is 5.79. The topological polar surface area (TPSA) is 71.1 Å². The second-order valence-electron chi connectivity index (χ2n) is 10.4. The van der Waals surface area contributed by atoms with Crippen molar-refractivity contribution >= 4 is 11.8 Å². The van der Waals surface area contributed by atoms with Gasteiger partial charge in [-0.3, -0.25) is 14.5 Å². The number of hydrogen-bond acceptors (Lipinski definition) is 5. The highest BCUT2D eigenvalue weighted by Crippen LogP contribution is 2.42. The highest BCUT2D eigenvalue weighted by Gasteiger charge is 2.51. The molecule has 0 aromatic carbocycles. The van der Waals surface area contributed by atoms with E-state index in [4.69, 9.17) is 9.47 Å². The van der Waals surface area contributed by atoms with Gasteiger partial charge in [0.15, 0.2) is 0 Å². The predicted molar refractivity (Wildman–Crippen MR) is 119 cm³/mol. The summed E-state index contributed by atoms with van der Waals surface area (Å²) in [7, 11) is 0. The van der Waals surface area contributed by atoms with Crippen LogP contribution >= 0.6 is 0 Å². The van der Waals surface area contributed by atoms with E-state index in [2.05, 4.69) is 10.2 Å². The van der Waals surface area contributed by atoms with E-state index in [1.807, 2.05) is 18.7 Å². The van der Waals surface area contributed by atoms with Gasteiger partial charge in [-0.15, -0.1) is 0 Å². The van der Waals surface area contributed by atoms with Crippen LogP contribution in [0.1, 0.15) is 58.8 Å². The first-order valence-corrected chi connectivity index (χ1v) is 12.5. The predicted octanol–water partition coefficient (Wildman–Crippen LogP) is 2.05.